The molecule has 0 aliphatic carbocycles. The molecule has 5 N–H and O–H groups in total. The van der Waals surface area contributed by atoms with E-state index in [1.165, 1.54) is 18.7 Å². The number of carboxylic acids is 1. The number of benzene rings is 1. The van der Waals surface area contributed by atoms with Gasteiger partial charge in [0, 0.05) is 18.2 Å². The highest BCUT2D eigenvalue weighted by Gasteiger charge is 2.54. The number of ether oxygens (including phenoxy) is 1. The first-order chi connectivity index (χ1) is 13.8. The molecule has 1 aromatic rings. The Labute approximate surface area is 170 Å². The highest BCUT2D eigenvalue weighted by atomic mass is 32.2. The zero-order valence-corrected chi connectivity index (χ0v) is 16.3. The van der Waals surface area contributed by atoms with Gasteiger partial charge in [0.1, 0.15) is 29.8 Å². The quantitative estimate of drug-likeness (QED) is 0.198. The van der Waals surface area contributed by atoms with E-state index < -0.39 is 41.2 Å². The number of rotatable bonds is 7. The van der Waals surface area contributed by atoms with Gasteiger partial charge in [0.05, 0.1) is 0 Å². The minimum atomic E-state index is -1.29. The number of carbonyl (C=O) groups excluding carboxylic acids is 3. The Bertz CT molecular complexity index is 874. The number of nitrogens with zero attached hydrogens (tertiary/aromatic N) is 1. The third kappa shape index (κ3) is 4.11. The summed E-state index contributed by atoms with van der Waals surface area (Å²) in [5.74, 6) is 2.89. The molecule has 2 heterocycles. The lowest BCUT2D eigenvalue weighted by molar-refractivity contribution is -0.151. The Balaban J connectivity index is 1.74. The minimum absolute atomic E-state index is 0.204. The summed E-state index contributed by atoms with van der Waals surface area (Å²) < 4.78 is 4.89. The van der Waals surface area contributed by atoms with Crippen LogP contribution in [-0.4, -0.2) is 57.5 Å². The molecule has 2 aliphatic rings. The van der Waals surface area contributed by atoms with Crippen molar-refractivity contribution in [3.63, 3.8) is 0 Å². The Morgan fingerprint density at radius 2 is 2.03 bits per heavy atom. The van der Waals surface area contributed by atoms with E-state index in [1.54, 1.807) is 30.3 Å². The smallest absolute Gasteiger partial charge is 0.352 e. The van der Waals surface area contributed by atoms with Crippen LogP contribution in [0, 0.1) is 0 Å². The molecule has 1 fully saturated rings. The van der Waals surface area contributed by atoms with Crippen molar-refractivity contribution in [2.75, 3.05) is 12.4 Å². The van der Waals surface area contributed by atoms with Crippen molar-refractivity contribution >= 4 is 35.5 Å². The monoisotopic (exact) mass is 420 g/mol. The Morgan fingerprint density at radius 3 is 2.62 bits per heavy atom. The number of β-lactam (4-membered cyclic amide) rings is 1. The van der Waals surface area contributed by atoms with Crippen molar-refractivity contribution < 1.29 is 29.0 Å². The standard InChI is InChI=1S/C18H20N4O6S/c1-9(23)28-7-11-8-29-17-13(16(25)22(17)14(11)18(26)27)20-15(24)12(21-19)10-5-3-2-4-6-10/h2-6,12-13,17,21H,7-8,19H2,1H3,(H,20,24)(H,26,27)/t12?,13-,17-/m1/s1. The normalized spacial score (nSPS) is 21.7. The second-order valence-electron chi connectivity index (χ2n) is 6.44. The second kappa shape index (κ2) is 8.64. The molecule has 2 aliphatic heterocycles. The SMILES string of the molecule is CC(=O)OCC1=C(C(=O)O)N2C(=O)[C@@H](NC(=O)C(NN)c3ccccc3)[C@H]2SC1. The Kier molecular flexibility index (Phi) is 6.20. The van der Waals surface area contributed by atoms with Crippen LogP contribution in [0.5, 0.6) is 0 Å². The summed E-state index contributed by atoms with van der Waals surface area (Å²) in [5, 5.41) is 11.6. The molecule has 0 saturated carbocycles. The van der Waals surface area contributed by atoms with E-state index in [0.717, 1.165) is 4.90 Å². The third-order valence-electron chi connectivity index (χ3n) is 4.56. The van der Waals surface area contributed by atoms with Crippen LogP contribution < -0.4 is 16.6 Å². The molecule has 0 radical (unpaired) electrons. The van der Waals surface area contributed by atoms with Crippen molar-refractivity contribution in [3.05, 3.63) is 47.2 Å². The second-order valence-corrected chi connectivity index (χ2v) is 7.55. The summed E-state index contributed by atoms with van der Waals surface area (Å²) in [6.07, 6.45) is 0. The molecule has 0 bridgehead atoms. The number of carboxylic acid groups (broad SMARTS) is 1. The number of carbonyl (C=O) groups is 4. The molecule has 3 rings (SSSR count). The number of esters is 1. The van der Waals surface area contributed by atoms with E-state index in [2.05, 4.69) is 10.7 Å². The molecular weight excluding hydrogens is 400 g/mol. The molecule has 3 atom stereocenters. The number of thioether (sulfide) groups is 1. The molecule has 0 aromatic heterocycles. The van der Waals surface area contributed by atoms with Gasteiger partial charge in [-0.1, -0.05) is 30.3 Å². The molecule has 2 amide bonds. The van der Waals surface area contributed by atoms with Gasteiger partial charge in [-0.25, -0.2) is 10.2 Å². The number of hydrazine groups is 1. The Hall–Kier alpha value is -2.89. The topological polar surface area (TPSA) is 151 Å². The summed E-state index contributed by atoms with van der Waals surface area (Å²) in [7, 11) is 0. The Morgan fingerprint density at radius 1 is 1.34 bits per heavy atom. The van der Waals surface area contributed by atoms with Crippen LogP contribution in [0.4, 0.5) is 0 Å². The lowest BCUT2D eigenvalue weighted by atomic mass is 10.0. The minimum Gasteiger partial charge on any atom is -0.477 e. The molecule has 29 heavy (non-hydrogen) atoms. The van der Waals surface area contributed by atoms with Crippen LogP contribution in [0.25, 0.3) is 0 Å². The predicted molar refractivity (Wildman–Crippen MR) is 103 cm³/mol. The third-order valence-corrected chi connectivity index (χ3v) is 5.90. The summed E-state index contributed by atoms with van der Waals surface area (Å²) in [6.45, 7) is 1.01. The van der Waals surface area contributed by atoms with E-state index in [9.17, 15) is 24.3 Å². The van der Waals surface area contributed by atoms with Gasteiger partial charge >= 0.3 is 11.9 Å². The van der Waals surface area contributed by atoms with Crippen LogP contribution in [-0.2, 0) is 23.9 Å². The first-order valence-electron chi connectivity index (χ1n) is 8.70. The molecule has 1 aromatic carbocycles. The van der Waals surface area contributed by atoms with Gasteiger partial charge in [-0.15, -0.1) is 11.8 Å². The summed E-state index contributed by atoms with van der Waals surface area (Å²) in [5.41, 5.74) is 3.18. The maximum absolute atomic E-state index is 12.6. The van der Waals surface area contributed by atoms with Crippen LogP contribution in [0.1, 0.15) is 18.5 Å². The van der Waals surface area contributed by atoms with Gasteiger partial charge in [-0.3, -0.25) is 25.1 Å². The highest BCUT2D eigenvalue weighted by molar-refractivity contribution is 8.00. The number of hydrogen-bond donors (Lipinski definition) is 4. The maximum atomic E-state index is 12.6. The van der Waals surface area contributed by atoms with E-state index in [-0.39, 0.29) is 18.1 Å². The predicted octanol–water partition coefficient (Wildman–Crippen LogP) is -0.507. The first kappa shape index (κ1) is 20.8. The van der Waals surface area contributed by atoms with Crippen molar-refractivity contribution in [2.24, 2.45) is 5.84 Å². The summed E-state index contributed by atoms with van der Waals surface area (Å²) in [6, 6.07) is 7.02. The van der Waals surface area contributed by atoms with Gasteiger partial charge in [0.15, 0.2) is 0 Å². The lowest BCUT2D eigenvalue weighted by Crippen LogP contribution is -2.71. The van der Waals surface area contributed by atoms with E-state index in [1.807, 2.05) is 0 Å². The first-order valence-corrected chi connectivity index (χ1v) is 9.74. The molecule has 1 unspecified atom stereocenters. The number of aliphatic carboxylic acids is 1. The number of nitrogens with one attached hydrogen (secondary N) is 2. The van der Waals surface area contributed by atoms with Crippen molar-refractivity contribution in [1.82, 2.24) is 15.6 Å². The molecule has 11 heteroatoms. The zero-order chi connectivity index (χ0) is 21.1. The van der Waals surface area contributed by atoms with Gasteiger partial charge in [-0.2, -0.15) is 0 Å². The summed E-state index contributed by atoms with van der Waals surface area (Å²) >= 11 is 1.29. The summed E-state index contributed by atoms with van der Waals surface area (Å²) in [4.78, 5) is 49.1. The van der Waals surface area contributed by atoms with Crippen LogP contribution in [0.15, 0.2) is 41.6 Å². The number of fused-ring (bicyclic) bond motifs is 1. The number of amides is 2. The molecule has 154 valence electrons. The fourth-order valence-electron chi connectivity index (χ4n) is 3.19. The van der Waals surface area contributed by atoms with E-state index in [0.29, 0.717) is 11.1 Å². The van der Waals surface area contributed by atoms with Gasteiger partial charge in [0.2, 0.25) is 5.91 Å². The molecule has 0 spiro atoms. The van der Waals surface area contributed by atoms with Crippen LogP contribution in [0.3, 0.4) is 0 Å². The zero-order valence-electron chi connectivity index (χ0n) is 15.5. The maximum Gasteiger partial charge on any atom is 0.352 e. The van der Waals surface area contributed by atoms with E-state index in [4.69, 9.17) is 10.6 Å². The van der Waals surface area contributed by atoms with E-state index >= 15 is 0 Å². The largest absolute Gasteiger partial charge is 0.477 e. The van der Waals surface area contributed by atoms with Gasteiger partial charge in [-0.05, 0) is 5.56 Å². The highest BCUT2D eigenvalue weighted by Crippen LogP contribution is 2.40. The van der Waals surface area contributed by atoms with Crippen molar-refractivity contribution in [1.29, 1.82) is 0 Å². The number of nitrogens with two attached hydrogens (primary N) is 1. The van der Waals surface area contributed by atoms with Gasteiger partial charge in [0.25, 0.3) is 5.91 Å². The van der Waals surface area contributed by atoms with Crippen LogP contribution >= 0.6 is 11.8 Å². The fourth-order valence-corrected chi connectivity index (χ4v) is 4.52. The van der Waals surface area contributed by atoms with Crippen LogP contribution in [0.2, 0.25) is 0 Å². The molecule has 10 nitrogen and oxygen atoms in total. The average molecular weight is 420 g/mol. The molecular formula is C18H20N4O6S. The van der Waals surface area contributed by atoms with Crippen molar-refractivity contribution in [3.8, 4) is 0 Å². The van der Waals surface area contributed by atoms with Gasteiger partial charge < -0.3 is 15.2 Å². The average Bonchev–Trinajstić information content (AvgIpc) is 2.70. The number of hydrogen-bond acceptors (Lipinski definition) is 8. The fraction of sp³-hybridized carbons (Fsp3) is 0.333. The van der Waals surface area contributed by atoms with Crippen molar-refractivity contribution in [2.45, 2.75) is 24.4 Å². The lowest BCUT2D eigenvalue weighted by Gasteiger charge is -2.49. The molecule has 1 saturated heterocycles.